The molecule has 1 aliphatic rings. The molecule has 1 N–H and O–H groups in total. The smallest absolute Gasteiger partial charge is 0.410 e. The third kappa shape index (κ3) is 4.84. The molecule has 8 nitrogen and oxygen atoms in total. The van der Waals surface area contributed by atoms with Crippen LogP contribution in [0.15, 0.2) is 47.1 Å². The van der Waals surface area contributed by atoms with Gasteiger partial charge in [0, 0.05) is 30.9 Å². The average Bonchev–Trinajstić information content (AvgIpc) is 3.34. The molecule has 2 aromatic heterocycles. The lowest BCUT2D eigenvalue weighted by Crippen LogP contribution is -2.36. The van der Waals surface area contributed by atoms with Gasteiger partial charge in [-0.1, -0.05) is 35.5 Å². The number of amides is 1. The van der Waals surface area contributed by atoms with E-state index in [9.17, 15) is 4.79 Å². The number of likely N-dealkylation sites (tertiary alicyclic amines) is 1. The minimum atomic E-state index is -0.507. The molecule has 0 bridgehead atoms. The summed E-state index contributed by atoms with van der Waals surface area (Å²) in [5.74, 6) is 1.20. The number of hydrogen-bond donors (Lipinski definition) is 1. The van der Waals surface area contributed by atoms with Gasteiger partial charge >= 0.3 is 6.09 Å². The number of anilines is 1. The van der Waals surface area contributed by atoms with Crippen LogP contribution in [-0.4, -0.2) is 50.9 Å². The molecule has 3 aromatic rings. The number of ether oxygens (including phenoxy) is 1. The summed E-state index contributed by atoms with van der Waals surface area (Å²) in [6.45, 7) is 8.66. The van der Waals surface area contributed by atoms with E-state index in [-0.39, 0.29) is 12.1 Å². The summed E-state index contributed by atoms with van der Waals surface area (Å²) in [5, 5.41) is 7.59. The van der Waals surface area contributed by atoms with E-state index >= 15 is 0 Å². The zero-order valence-corrected chi connectivity index (χ0v) is 18.3. The van der Waals surface area contributed by atoms with Crippen molar-refractivity contribution in [1.29, 1.82) is 0 Å². The molecule has 1 saturated heterocycles. The monoisotopic (exact) mass is 421 g/mol. The van der Waals surface area contributed by atoms with Gasteiger partial charge in [-0.25, -0.2) is 14.8 Å². The van der Waals surface area contributed by atoms with Crippen molar-refractivity contribution >= 4 is 12.0 Å². The second-order valence-electron chi connectivity index (χ2n) is 8.65. The normalized spacial score (nSPS) is 16.4. The highest BCUT2D eigenvalue weighted by molar-refractivity contribution is 5.80. The summed E-state index contributed by atoms with van der Waals surface area (Å²) in [6.07, 6.45) is 2.22. The first-order chi connectivity index (χ1) is 14.8. The number of rotatable bonds is 4. The number of carbonyl (C=O) groups is 1. The quantitative estimate of drug-likeness (QED) is 0.661. The Bertz CT molecular complexity index is 1060. The topological polar surface area (TPSA) is 93.4 Å². The summed E-state index contributed by atoms with van der Waals surface area (Å²) in [7, 11) is 0. The van der Waals surface area contributed by atoms with Crippen molar-refractivity contribution in [2.45, 2.75) is 45.8 Å². The van der Waals surface area contributed by atoms with Gasteiger partial charge in [-0.2, -0.15) is 0 Å². The number of nitrogens with zero attached hydrogens (tertiary/aromatic N) is 4. The minimum Gasteiger partial charge on any atom is -0.444 e. The first-order valence-corrected chi connectivity index (χ1v) is 10.4. The Morgan fingerprint density at radius 1 is 1.23 bits per heavy atom. The maximum Gasteiger partial charge on any atom is 0.410 e. The Labute approximate surface area is 181 Å². The fourth-order valence-corrected chi connectivity index (χ4v) is 3.59. The zero-order valence-electron chi connectivity index (χ0n) is 18.3. The molecule has 162 valence electrons. The molecule has 3 heterocycles. The van der Waals surface area contributed by atoms with Gasteiger partial charge in [0.15, 0.2) is 0 Å². The summed E-state index contributed by atoms with van der Waals surface area (Å²) in [6, 6.07) is 11.8. The number of benzene rings is 1. The number of carbonyl (C=O) groups excluding carboxylic acids is 1. The van der Waals surface area contributed by atoms with Crippen molar-refractivity contribution < 1.29 is 14.1 Å². The highest BCUT2D eigenvalue weighted by atomic mass is 16.6. The fourth-order valence-electron chi connectivity index (χ4n) is 3.59. The first kappa shape index (κ1) is 20.8. The standard InChI is InChI=1S/C23H27N5O3/c1-15-19(20(27-31-15)16-8-6-5-7-9-16)18-10-12-24-21(26-18)25-17-11-13-28(14-17)22(29)30-23(2,3)4/h5-10,12,17H,11,13-14H2,1-4H3,(H,24,25,26)/t17-/m0/s1. The third-order valence-corrected chi connectivity index (χ3v) is 4.99. The second kappa shape index (κ2) is 8.37. The number of hydrogen-bond acceptors (Lipinski definition) is 7. The molecule has 1 aliphatic heterocycles. The van der Waals surface area contributed by atoms with E-state index in [1.165, 1.54) is 0 Å². The summed E-state index contributed by atoms with van der Waals surface area (Å²) >= 11 is 0. The molecular weight excluding hydrogens is 394 g/mol. The van der Waals surface area contributed by atoms with Crippen LogP contribution in [0.1, 0.15) is 33.0 Å². The van der Waals surface area contributed by atoms with Crippen LogP contribution in [-0.2, 0) is 4.74 Å². The zero-order chi connectivity index (χ0) is 22.0. The Hall–Kier alpha value is -3.42. The van der Waals surface area contributed by atoms with E-state index in [1.54, 1.807) is 11.1 Å². The molecule has 0 radical (unpaired) electrons. The van der Waals surface area contributed by atoms with Gasteiger partial charge in [0.2, 0.25) is 5.95 Å². The molecule has 4 rings (SSSR count). The van der Waals surface area contributed by atoms with Gasteiger partial charge in [0.1, 0.15) is 17.1 Å². The van der Waals surface area contributed by atoms with Crippen molar-refractivity contribution in [1.82, 2.24) is 20.0 Å². The molecule has 1 fully saturated rings. The van der Waals surface area contributed by atoms with Gasteiger partial charge in [0.05, 0.1) is 11.3 Å². The van der Waals surface area contributed by atoms with E-state index < -0.39 is 5.60 Å². The van der Waals surface area contributed by atoms with Crippen molar-refractivity contribution in [3.8, 4) is 22.5 Å². The predicted octanol–water partition coefficient (Wildman–Crippen LogP) is 4.53. The SMILES string of the molecule is Cc1onc(-c2ccccc2)c1-c1ccnc(N[C@H]2CCN(C(=O)OC(C)(C)C)C2)n1. The fraction of sp³-hybridized carbons (Fsp3) is 0.391. The maximum absolute atomic E-state index is 12.3. The Morgan fingerprint density at radius 3 is 2.74 bits per heavy atom. The van der Waals surface area contributed by atoms with Crippen LogP contribution >= 0.6 is 0 Å². The molecule has 1 aromatic carbocycles. The summed E-state index contributed by atoms with van der Waals surface area (Å²) < 4.78 is 10.9. The summed E-state index contributed by atoms with van der Waals surface area (Å²) in [4.78, 5) is 23.1. The Balaban J connectivity index is 1.50. The van der Waals surface area contributed by atoms with Crippen molar-refractivity contribution in [3.63, 3.8) is 0 Å². The van der Waals surface area contributed by atoms with Crippen LogP contribution in [0, 0.1) is 6.92 Å². The van der Waals surface area contributed by atoms with Crippen molar-refractivity contribution in [2.24, 2.45) is 0 Å². The van der Waals surface area contributed by atoms with E-state index in [2.05, 4.69) is 15.5 Å². The predicted molar refractivity (Wildman–Crippen MR) is 118 cm³/mol. The van der Waals surface area contributed by atoms with Crippen LogP contribution in [0.3, 0.4) is 0 Å². The summed E-state index contributed by atoms with van der Waals surface area (Å²) in [5.41, 5.74) is 2.79. The van der Waals surface area contributed by atoms with Crippen molar-refractivity contribution in [2.75, 3.05) is 18.4 Å². The van der Waals surface area contributed by atoms with Crippen LogP contribution in [0.5, 0.6) is 0 Å². The molecule has 1 atom stereocenters. The molecule has 0 unspecified atom stereocenters. The Morgan fingerprint density at radius 2 is 2.00 bits per heavy atom. The van der Waals surface area contributed by atoms with Crippen LogP contribution in [0.25, 0.3) is 22.5 Å². The van der Waals surface area contributed by atoms with Gasteiger partial charge in [-0.3, -0.25) is 0 Å². The minimum absolute atomic E-state index is 0.0555. The lowest BCUT2D eigenvalue weighted by atomic mass is 10.0. The molecule has 0 aliphatic carbocycles. The lowest BCUT2D eigenvalue weighted by Gasteiger charge is -2.24. The number of nitrogens with one attached hydrogen (secondary N) is 1. The average molecular weight is 422 g/mol. The highest BCUT2D eigenvalue weighted by Crippen LogP contribution is 2.33. The van der Waals surface area contributed by atoms with Crippen molar-refractivity contribution in [3.05, 3.63) is 48.4 Å². The number of aryl methyl sites for hydroxylation is 1. The van der Waals surface area contributed by atoms with E-state index in [0.29, 0.717) is 24.8 Å². The first-order valence-electron chi connectivity index (χ1n) is 10.4. The van der Waals surface area contributed by atoms with Crippen LogP contribution in [0.4, 0.5) is 10.7 Å². The molecule has 8 heteroatoms. The maximum atomic E-state index is 12.3. The van der Waals surface area contributed by atoms with Gasteiger partial charge in [0.25, 0.3) is 0 Å². The number of aromatic nitrogens is 3. The van der Waals surface area contributed by atoms with E-state index in [4.69, 9.17) is 14.2 Å². The highest BCUT2D eigenvalue weighted by Gasteiger charge is 2.30. The van der Waals surface area contributed by atoms with Gasteiger partial charge in [-0.05, 0) is 40.2 Å². The largest absolute Gasteiger partial charge is 0.444 e. The lowest BCUT2D eigenvalue weighted by molar-refractivity contribution is 0.0293. The molecule has 0 spiro atoms. The molecule has 31 heavy (non-hydrogen) atoms. The Kier molecular flexibility index (Phi) is 5.63. The van der Waals surface area contributed by atoms with E-state index in [1.807, 2.05) is 64.1 Å². The van der Waals surface area contributed by atoms with Crippen LogP contribution < -0.4 is 5.32 Å². The van der Waals surface area contributed by atoms with Gasteiger partial charge < -0.3 is 19.5 Å². The molecular formula is C23H27N5O3. The second-order valence-corrected chi connectivity index (χ2v) is 8.65. The third-order valence-electron chi connectivity index (χ3n) is 4.99. The van der Waals surface area contributed by atoms with Crippen LogP contribution in [0.2, 0.25) is 0 Å². The molecule has 1 amide bonds. The molecule has 0 saturated carbocycles. The van der Waals surface area contributed by atoms with E-state index in [0.717, 1.165) is 28.9 Å². The van der Waals surface area contributed by atoms with Gasteiger partial charge in [-0.15, -0.1) is 0 Å².